The quantitative estimate of drug-likeness (QED) is 0.812. The molecule has 0 bridgehead atoms. The lowest BCUT2D eigenvalue weighted by Crippen LogP contribution is -3.15. The molecule has 0 spiro atoms. The highest BCUT2D eigenvalue weighted by atomic mass is 79.9. The van der Waals surface area contributed by atoms with E-state index in [1.807, 2.05) is 59.5 Å². The molecule has 1 heterocycles. The fourth-order valence-corrected chi connectivity index (χ4v) is 3.33. The van der Waals surface area contributed by atoms with Crippen LogP contribution in [0.3, 0.4) is 0 Å². The van der Waals surface area contributed by atoms with Gasteiger partial charge in [0.25, 0.3) is 11.8 Å². The number of hydrogen-bond acceptors (Lipinski definition) is 2. The van der Waals surface area contributed by atoms with Gasteiger partial charge in [-0.1, -0.05) is 30.3 Å². The number of carbonyl (C=O) groups is 2. The van der Waals surface area contributed by atoms with Gasteiger partial charge in [-0.05, 0) is 40.2 Å². The number of nitrogens with zero attached hydrogens (tertiary/aromatic N) is 1. The van der Waals surface area contributed by atoms with Crippen molar-refractivity contribution in [2.75, 3.05) is 38.0 Å². The molecule has 0 saturated carbocycles. The Kier molecular flexibility index (Phi) is 5.83. The first-order valence-electron chi connectivity index (χ1n) is 8.36. The molecule has 1 aliphatic heterocycles. The lowest BCUT2D eigenvalue weighted by molar-refractivity contribution is -0.895. The van der Waals surface area contributed by atoms with E-state index in [0.717, 1.165) is 28.8 Å². The Morgan fingerprint density at radius 1 is 1.00 bits per heavy atom. The molecule has 0 aromatic heterocycles. The van der Waals surface area contributed by atoms with Crippen LogP contribution in [0.2, 0.25) is 0 Å². The standard InChI is InChI=1S/C19H20BrN3O2/c20-16-8-4-5-9-17(16)21-18(24)14-22-10-12-23(13-11-22)19(25)15-6-2-1-3-7-15/h1-9H,10-14H2,(H,21,24)/p+1. The van der Waals surface area contributed by atoms with Gasteiger partial charge in [0.05, 0.1) is 31.9 Å². The van der Waals surface area contributed by atoms with E-state index in [1.54, 1.807) is 0 Å². The largest absolute Gasteiger partial charge is 0.327 e. The lowest BCUT2D eigenvalue weighted by atomic mass is 10.2. The van der Waals surface area contributed by atoms with Crippen molar-refractivity contribution in [3.05, 3.63) is 64.6 Å². The normalized spacial score (nSPS) is 15.0. The summed E-state index contributed by atoms with van der Waals surface area (Å²) in [6, 6.07) is 16.9. The zero-order valence-electron chi connectivity index (χ0n) is 13.9. The summed E-state index contributed by atoms with van der Waals surface area (Å²) >= 11 is 3.43. The molecule has 1 fully saturated rings. The predicted octanol–water partition coefficient (Wildman–Crippen LogP) is 1.43. The summed E-state index contributed by atoms with van der Waals surface area (Å²) in [5, 5.41) is 2.93. The average molecular weight is 403 g/mol. The summed E-state index contributed by atoms with van der Waals surface area (Å²) in [6.07, 6.45) is 0. The summed E-state index contributed by atoms with van der Waals surface area (Å²) in [7, 11) is 0. The van der Waals surface area contributed by atoms with Gasteiger partial charge >= 0.3 is 0 Å². The monoisotopic (exact) mass is 402 g/mol. The van der Waals surface area contributed by atoms with E-state index in [9.17, 15) is 9.59 Å². The van der Waals surface area contributed by atoms with Crippen LogP contribution in [-0.4, -0.2) is 49.4 Å². The van der Waals surface area contributed by atoms with Crippen molar-refractivity contribution < 1.29 is 14.5 Å². The second kappa shape index (κ2) is 8.27. The molecular formula is C19H21BrN3O2+. The van der Waals surface area contributed by atoms with Crippen LogP contribution in [0.1, 0.15) is 10.4 Å². The third-order valence-corrected chi connectivity index (χ3v) is 5.03. The number of hydrogen-bond donors (Lipinski definition) is 2. The first-order chi connectivity index (χ1) is 12.1. The van der Waals surface area contributed by atoms with E-state index in [1.165, 1.54) is 4.90 Å². The molecule has 0 unspecified atom stereocenters. The number of anilines is 1. The van der Waals surface area contributed by atoms with Crippen LogP contribution in [0.15, 0.2) is 59.1 Å². The molecule has 130 valence electrons. The number of quaternary nitrogens is 1. The molecule has 2 aromatic carbocycles. The highest BCUT2D eigenvalue weighted by Gasteiger charge is 2.25. The van der Waals surface area contributed by atoms with Gasteiger partial charge in [0, 0.05) is 10.0 Å². The average Bonchev–Trinajstić information content (AvgIpc) is 2.64. The maximum atomic E-state index is 12.4. The van der Waals surface area contributed by atoms with Crippen LogP contribution >= 0.6 is 15.9 Å². The molecule has 0 radical (unpaired) electrons. The summed E-state index contributed by atoms with van der Waals surface area (Å²) in [5.74, 6) is 0.0575. The van der Waals surface area contributed by atoms with Gasteiger partial charge in [0.15, 0.2) is 6.54 Å². The Bertz CT molecular complexity index is 743. The number of para-hydroxylation sites is 1. The SMILES string of the molecule is O=C(C[NH+]1CCN(C(=O)c2ccccc2)CC1)Nc1ccccc1Br. The van der Waals surface area contributed by atoms with Crippen LogP contribution < -0.4 is 10.2 Å². The van der Waals surface area contributed by atoms with E-state index in [0.29, 0.717) is 19.6 Å². The maximum absolute atomic E-state index is 12.4. The van der Waals surface area contributed by atoms with Gasteiger partial charge in [-0.15, -0.1) is 0 Å². The Balaban J connectivity index is 1.48. The number of nitrogens with one attached hydrogen (secondary N) is 2. The third-order valence-electron chi connectivity index (χ3n) is 4.34. The van der Waals surface area contributed by atoms with Crippen molar-refractivity contribution in [1.29, 1.82) is 0 Å². The number of piperazine rings is 1. The number of carbonyl (C=O) groups excluding carboxylic acids is 2. The highest BCUT2D eigenvalue weighted by Crippen LogP contribution is 2.20. The Morgan fingerprint density at radius 3 is 2.32 bits per heavy atom. The third kappa shape index (κ3) is 4.67. The van der Waals surface area contributed by atoms with Crippen molar-refractivity contribution in [2.24, 2.45) is 0 Å². The van der Waals surface area contributed by atoms with E-state index < -0.39 is 0 Å². The van der Waals surface area contributed by atoms with Crippen LogP contribution in [0.25, 0.3) is 0 Å². The Morgan fingerprint density at radius 2 is 1.64 bits per heavy atom. The summed E-state index contributed by atoms with van der Waals surface area (Å²) in [6.45, 7) is 3.31. The van der Waals surface area contributed by atoms with E-state index in [2.05, 4.69) is 21.2 Å². The second-order valence-electron chi connectivity index (χ2n) is 6.11. The van der Waals surface area contributed by atoms with Crippen molar-refractivity contribution >= 4 is 33.4 Å². The minimum absolute atomic E-state index is 0.00950. The van der Waals surface area contributed by atoms with Crippen LogP contribution in [-0.2, 0) is 4.79 Å². The molecule has 6 heteroatoms. The van der Waals surface area contributed by atoms with Gasteiger partial charge in [-0.25, -0.2) is 0 Å². The van der Waals surface area contributed by atoms with Crippen LogP contribution in [0.5, 0.6) is 0 Å². The van der Waals surface area contributed by atoms with Crippen molar-refractivity contribution in [3.8, 4) is 0 Å². The highest BCUT2D eigenvalue weighted by molar-refractivity contribution is 9.10. The summed E-state index contributed by atoms with van der Waals surface area (Å²) < 4.78 is 0.872. The lowest BCUT2D eigenvalue weighted by Gasteiger charge is -2.32. The summed E-state index contributed by atoms with van der Waals surface area (Å²) in [5.41, 5.74) is 1.50. The molecular weight excluding hydrogens is 382 g/mol. The zero-order valence-corrected chi connectivity index (χ0v) is 15.5. The second-order valence-corrected chi connectivity index (χ2v) is 6.97. The Labute approximate surface area is 155 Å². The fraction of sp³-hybridized carbons (Fsp3) is 0.263. The summed E-state index contributed by atoms with van der Waals surface area (Å²) in [4.78, 5) is 27.7. The van der Waals surface area contributed by atoms with Gasteiger partial charge in [-0.3, -0.25) is 9.59 Å². The molecule has 1 aliphatic rings. The molecule has 25 heavy (non-hydrogen) atoms. The van der Waals surface area contributed by atoms with Crippen LogP contribution in [0.4, 0.5) is 5.69 Å². The van der Waals surface area contributed by atoms with Gasteiger partial charge in [-0.2, -0.15) is 0 Å². The molecule has 3 rings (SSSR count). The molecule has 0 aliphatic carbocycles. The fourth-order valence-electron chi connectivity index (χ4n) is 2.95. The maximum Gasteiger partial charge on any atom is 0.279 e. The zero-order chi connectivity index (χ0) is 17.6. The van der Waals surface area contributed by atoms with Gasteiger partial charge < -0.3 is 15.1 Å². The molecule has 2 aromatic rings. The first-order valence-corrected chi connectivity index (χ1v) is 9.15. The first kappa shape index (κ1) is 17.6. The number of rotatable bonds is 4. The van der Waals surface area contributed by atoms with E-state index >= 15 is 0 Å². The van der Waals surface area contributed by atoms with Gasteiger partial charge in [0.2, 0.25) is 0 Å². The van der Waals surface area contributed by atoms with Gasteiger partial charge in [0.1, 0.15) is 0 Å². The molecule has 0 atom stereocenters. The smallest absolute Gasteiger partial charge is 0.279 e. The van der Waals surface area contributed by atoms with E-state index in [-0.39, 0.29) is 11.8 Å². The minimum atomic E-state index is -0.00950. The molecule has 5 nitrogen and oxygen atoms in total. The van der Waals surface area contributed by atoms with Crippen LogP contribution in [0, 0.1) is 0 Å². The Hall–Kier alpha value is -2.18. The molecule has 2 amide bonds. The number of benzene rings is 2. The number of halogens is 1. The topological polar surface area (TPSA) is 53.9 Å². The number of amides is 2. The van der Waals surface area contributed by atoms with Crippen molar-refractivity contribution in [2.45, 2.75) is 0 Å². The minimum Gasteiger partial charge on any atom is -0.327 e. The molecule has 1 saturated heterocycles. The van der Waals surface area contributed by atoms with Crippen molar-refractivity contribution in [1.82, 2.24) is 4.90 Å². The molecule has 2 N–H and O–H groups in total. The van der Waals surface area contributed by atoms with Crippen molar-refractivity contribution in [3.63, 3.8) is 0 Å². The predicted molar refractivity (Wildman–Crippen MR) is 101 cm³/mol. The van der Waals surface area contributed by atoms with E-state index in [4.69, 9.17) is 0 Å².